The van der Waals surface area contributed by atoms with Crippen molar-refractivity contribution in [2.45, 2.75) is 110 Å². The van der Waals surface area contributed by atoms with Gasteiger partial charge in [-0.2, -0.15) is 0 Å². The standard InChI is InChI=1S/C18H37FO/c1-5-11-16(3)13-14-17(19)12-9-7-8-10-15-18(4,20)6-2/h16-17,20H,5-15H2,1-4H3. The normalized spacial score (nSPS) is 17.7. The Morgan fingerprint density at radius 3 is 2.20 bits per heavy atom. The Morgan fingerprint density at radius 2 is 1.60 bits per heavy atom. The van der Waals surface area contributed by atoms with Gasteiger partial charge < -0.3 is 5.11 Å². The first-order chi connectivity index (χ1) is 9.41. The molecular weight excluding hydrogens is 251 g/mol. The van der Waals surface area contributed by atoms with Gasteiger partial charge in [0.05, 0.1) is 5.60 Å². The van der Waals surface area contributed by atoms with Gasteiger partial charge in [-0.25, -0.2) is 4.39 Å². The average molecular weight is 288 g/mol. The lowest BCUT2D eigenvalue weighted by Gasteiger charge is -2.20. The van der Waals surface area contributed by atoms with E-state index in [-0.39, 0.29) is 0 Å². The maximum Gasteiger partial charge on any atom is 0.100 e. The number of halogens is 1. The molecule has 0 aliphatic heterocycles. The van der Waals surface area contributed by atoms with E-state index in [0.717, 1.165) is 57.8 Å². The molecular formula is C18H37FO. The number of hydrogen-bond acceptors (Lipinski definition) is 1. The molecule has 3 unspecified atom stereocenters. The quantitative estimate of drug-likeness (QED) is 0.409. The zero-order chi connectivity index (χ0) is 15.4. The molecule has 0 heterocycles. The van der Waals surface area contributed by atoms with Crippen molar-refractivity contribution in [1.29, 1.82) is 0 Å². The summed E-state index contributed by atoms with van der Waals surface area (Å²) in [5.74, 6) is 0.675. The molecule has 0 bridgehead atoms. The summed E-state index contributed by atoms with van der Waals surface area (Å²) < 4.78 is 13.7. The fraction of sp³-hybridized carbons (Fsp3) is 1.00. The maximum absolute atomic E-state index is 13.7. The first-order valence-electron chi connectivity index (χ1n) is 8.77. The van der Waals surface area contributed by atoms with Crippen molar-refractivity contribution < 1.29 is 9.50 Å². The highest BCUT2D eigenvalue weighted by Crippen LogP contribution is 2.21. The number of alkyl halides is 1. The van der Waals surface area contributed by atoms with E-state index in [1.54, 1.807) is 0 Å². The topological polar surface area (TPSA) is 20.2 Å². The zero-order valence-electron chi connectivity index (χ0n) is 14.3. The molecule has 0 fully saturated rings. The third kappa shape index (κ3) is 11.7. The Labute approximate surface area is 126 Å². The molecule has 0 aromatic carbocycles. The van der Waals surface area contributed by atoms with E-state index in [1.807, 2.05) is 13.8 Å². The van der Waals surface area contributed by atoms with Crippen LogP contribution < -0.4 is 0 Å². The van der Waals surface area contributed by atoms with Gasteiger partial charge in [0, 0.05) is 0 Å². The van der Waals surface area contributed by atoms with Gasteiger partial charge in [0.15, 0.2) is 0 Å². The molecule has 1 nitrogen and oxygen atoms in total. The highest BCUT2D eigenvalue weighted by atomic mass is 19.1. The van der Waals surface area contributed by atoms with Crippen LogP contribution in [-0.2, 0) is 0 Å². The third-order valence-corrected chi connectivity index (χ3v) is 4.50. The molecule has 0 aromatic heterocycles. The molecule has 0 aliphatic carbocycles. The molecule has 3 atom stereocenters. The predicted octanol–water partition coefficient (Wildman–Crippen LogP) is 6.04. The highest BCUT2D eigenvalue weighted by molar-refractivity contribution is 4.69. The first kappa shape index (κ1) is 19.9. The van der Waals surface area contributed by atoms with Crippen molar-refractivity contribution >= 4 is 0 Å². The zero-order valence-corrected chi connectivity index (χ0v) is 14.3. The molecule has 0 rings (SSSR count). The molecule has 0 saturated carbocycles. The van der Waals surface area contributed by atoms with Crippen molar-refractivity contribution in [2.24, 2.45) is 5.92 Å². The number of rotatable bonds is 13. The lowest BCUT2D eigenvalue weighted by molar-refractivity contribution is 0.0442. The van der Waals surface area contributed by atoms with E-state index in [1.165, 1.54) is 12.8 Å². The maximum atomic E-state index is 13.7. The van der Waals surface area contributed by atoms with Gasteiger partial charge in [-0.3, -0.25) is 0 Å². The molecule has 0 radical (unpaired) electrons. The van der Waals surface area contributed by atoms with Gasteiger partial charge in [-0.05, 0) is 44.9 Å². The molecule has 0 amide bonds. The van der Waals surface area contributed by atoms with E-state index < -0.39 is 11.8 Å². The van der Waals surface area contributed by atoms with E-state index in [0.29, 0.717) is 5.92 Å². The van der Waals surface area contributed by atoms with Crippen LogP contribution in [0.4, 0.5) is 4.39 Å². The second-order valence-corrected chi connectivity index (χ2v) is 6.87. The summed E-state index contributed by atoms with van der Waals surface area (Å²) in [6, 6.07) is 0. The number of aliphatic hydroxyl groups is 1. The first-order valence-corrected chi connectivity index (χ1v) is 8.77. The Kier molecular flexibility index (Phi) is 11.5. The fourth-order valence-corrected chi connectivity index (χ4v) is 2.65. The molecule has 122 valence electrons. The minimum atomic E-state index is -0.604. The van der Waals surface area contributed by atoms with Crippen LogP contribution >= 0.6 is 0 Å². The fourth-order valence-electron chi connectivity index (χ4n) is 2.65. The second-order valence-electron chi connectivity index (χ2n) is 6.87. The molecule has 0 aromatic rings. The highest BCUT2D eigenvalue weighted by Gasteiger charge is 2.16. The Balaban J connectivity index is 3.42. The largest absolute Gasteiger partial charge is 0.390 e. The van der Waals surface area contributed by atoms with Gasteiger partial charge in [0.1, 0.15) is 6.17 Å². The van der Waals surface area contributed by atoms with E-state index in [9.17, 15) is 9.50 Å². The monoisotopic (exact) mass is 288 g/mol. The lowest BCUT2D eigenvalue weighted by atomic mass is 9.94. The van der Waals surface area contributed by atoms with Crippen LogP contribution in [0.1, 0.15) is 98.3 Å². The van der Waals surface area contributed by atoms with Crippen LogP contribution in [0.25, 0.3) is 0 Å². The number of unbranched alkanes of at least 4 members (excludes halogenated alkanes) is 3. The van der Waals surface area contributed by atoms with Crippen LogP contribution in [0, 0.1) is 5.92 Å². The van der Waals surface area contributed by atoms with E-state index >= 15 is 0 Å². The number of hydrogen-bond donors (Lipinski definition) is 1. The van der Waals surface area contributed by atoms with Gasteiger partial charge in [-0.15, -0.1) is 0 Å². The molecule has 20 heavy (non-hydrogen) atoms. The Bertz CT molecular complexity index is 215. The average Bonchev–Trinajstić information content (AvgIpc) is 2.40. The van der Waals surface area contributed by atoms with Crippen LogP contribution in [0.5, 0.6) is 0 Å². The van der Waals surface area contributed by atoms with Gasteiger partial charge in [0.2, 0.25) is 0 Å². The lowest BCUT2D eigenvalue weighted by Crippen LogP contribution is -2.22. The van der Waals surface area contributed by atoms with Crippen LogP contribution in [0.15, 0.2) is 0 Å². The minimum absolute atomic E-state index is 0.502. The van der Waals surface area contributed by atoms with Crippen molar-refractivity contribution in [2.75, 3.05) is 0 Å². The summed E-state index contributed by atoms with van der Waals surface area (Å²) >= 11 is 0. The Morgan fingerprint density at radius 1 is 0.950 bits per heavy atom. The van der Waals surface area contributed by atoms with E-state index in [2.05, 4.69) is 13.8 Å². The summed E-state index contributed by atoms with van der Waals surface area (Å²) in [5.41, 5.74) is -0.502. The SMILES string of the molecule is CCCC(C)CCC(F)CCCCCCC(C)(O)CC. The van der Waals surface area contributed by atoms with Crippen LogP contribution in [-0.4, -0.2) is 16.9 Å². The predicted molar refractivity (Wildman–Crippen MR) is 86.8 cm³/mol. The smallest absolute Gasteiger partial charge is 0.100 e. The summed E-state index contributed by atoms with van der Waals surface area (Å²) in [4.78, 5) is 0. The van der Waals surface area contributed by atoms with Crippen molar-refractivity contribution in [3.05, 3.63) is 0 Å². The van der Waals surface area contributed by atoms with Crippen molar-refractivity contribution in [3.63, 3.8) is 0 Å². The van der Waals surface area contributed by atoms with Crippen LogP contribution in [0.3, 0.4) is 0 Å². The molecule has 0 aliphatic rings. The van der Waals surface area contributed by atoms with Gasteiger partial charge in [0.25, 0.3) is 0 Å². The summed E-state index contributed by atoms with van der Waals surface area (Å²) in [6.07, 6.45) is 10.3. The van der Waals surface area contributed by atoms with Crippen molar-refractivity contribution in [1.82, 2.24) is 0 Å². The second kappa shape index (κ2) is 11.5. The Hall–Kier alpha value is -0.110. The third-order valence-electron chi connectivity index (χ3n) is 4.50. The van der Waals surface area contributed by atoms with Gasteiger partial charge >= 0.3 is 0 Å². The van der Waals surface area contributed by atoms with E-state index in [4.69, 9.17) is 0 Å². The molecule has 0 saturated heterocycles. The van der Waals surface area contributed by atoms with Crippen LogP contribution in [0.2, 0.25) is 0 Å². The molecule has 2 heteroatoms. The van der Waals surface area contributed by atoms with Gasteiger partial charge in [-0.1, -0.05) is 59.3 Å². The minimum Gasteiger partial charge on any atom is -0.390 e. The summed E-state index contributed by atoms with van der Waals surface area (Å²) in [5, 5.41) is 9.87. The summed E-state index contributed by atoms with van der Waals surface area (Å²) in [6.45, 7) is 8.35. The molecule has 1 N–H and O–H groups in total. The van der Waals surface area contributed by atoms with Crippen molar-refractivity contribution in [3.8, 4) is 0 Å². The molecule has 0 spiro atoms. The summed E-state index contributed by atoms with van der Waals surface area (Å²) in [7, 11) is 0.